The molecular weight excluding hydrogens is 442 g/mol. The van der Waals surface area contributed by atoms with Crippen molar-refractivity contribution in [2.75, 3.05) is 25.0 Å². The molecule has 8 nitrogen and oxygen atoms in total. The standard InChI is InChI=1S/C24H31N3O5S/c1-16-13-17(2)15-26(14-16)33(31,32)19-9-7-18(8-10-19)25-22(28)11-12-27-23(29)20-5-3-4-6-21(20)24(27)30/h3-4,7-10,16-17,20-21H,5-6,11-15H2,1-2H3,(H,25,28)/t16-,17-,20-,21+/m1/s1. The Labute approximate surface area is 195 Å². The first-order valence-corrected chi connectivity index (χ1v) is 13.0. The molecule has 2 heterocycles. The Hall–Kier alpha value is -2.52. The van der Waals surface area contributed by atoms with Crippen LogP contribution in [0.3, 0.4) is 0 Å². The summed E-state index contributed by atoms with van der Waals surface area (Å²) in [7, 11) is -3.58. The molecule has 1 N–H and O–H groups in total. The second kappa shape index (κ2) is 9.38. The molecule has 1 aliphatic carbocycles. The summed E-state index contributed by atoms with van der Waals surface area (Å²) in [6, 6.07) is 6.13. The molecule has 0 aromatic heterocycles. The average molecular weight is 474 g/mol. The van der Waals surface area contributed by atoms with E-state index >= 15 is 0 Å². The molecule has 0 spiro atoms. The van der Waals surface area contributed by atoms with Crippen LogP contribution in [0, 0.1) is 23.7 Å². The van der Waals surface area contributed by atoms with Crippen molar-refractivity contribution >= 4 is 33.4 Å². The van der Waals surface area contributed by atoms with E-state index in [1.165, 1.54) is 21.3 Å². The van der Waals surface area contributed by atoms with Crippen molar-refractivity contribution < 1.29 is 22.8 Å². The number of piperidine rings is 1. The molecule has 2 saturated heterocycles. The summed E-state index contributed by atoms with van der Waals surface area (Å²) in [5.41, 5.74) is 0.469. The highest BCUT2D eigenvalue weighted by atomic mass is 32.2. The molecule has 0 radical (unpaired) electrons. The van der Waals surface area contributed by atoms with Crippen LogP contribution in [0.15, 0.2) is 41.3 Å². The van der Waals surface area contributed by atoms with E-state index in [4.69, 9.17) is 0 Å². The maximum absolute atomic E-state index is 13.0. The molecule has 33 heavy (non-hydrogen) atoms. The number of allylic oxidation sites excluding steroid dienone is 2. The highest BCUT2D eigenvalue weighted by Crippen LogP contribution is 2.35. The molecule has 2 fully saturated rings. The molecule has 0 bridgehead atoms. The molecule has 178 valence electrons. The van der Waals surface area contributed by atoms with Gasteiger partial charge in [-0.05, 0) is 55.4 Å². The average Bonchev–Trinajstić information content (AvgIpc) is 3.02. The molecule has 2 aliphatic heterocycles. The molecular formula is C24H31N3O5S. The predicted octanol–water partition coefficient (Wildman–Crippen LogP) is 2.63. The number of hydrogen-bond acceptors (Lipinski definition) is 5. The molecule has 0 unspecified atom stereocenters. The molecule has 0 saturated carbocycles. The lowest BCUT2D eigenvalue weighted by Crippen LogP contribution is -2.42. The Bertz CT molecular complexity index is 1030. The van der Waals surface area contributed by atoms with Gasteiger partial charge in [-0.2, -0.15) is 4.31 Å². The van der Waals surface area contributed by atoms with E-state index in [1.807, 2.05) is 12.2 Å². The van der Waals surface area contributed by atoms with Gasteiger partial charge >= 0.3 is 0 Å². The van der Waals surface area contributed by atoms with Gasteiger partial charge in [0, 0.05) is 31.7 Å². The number of hydrogen-bond donors (Lipinski definition) is 1. The maximum atomic E-state index is 13.0. The Morgan fingerprint density at radius 2 is 1.52 bits per heavy atom. The van der Waals surface area contributed by atoms with Crippen LogP contribution in [0.2, 0.25) is 0 Å². The summed E-state index contributed by atoms with van der Waals surface area (Å²) in [4.78, 5) is 38.8. The number of carbonyl (C=O) groups excluding carboxylic acids is 3. The zero-order valence-corrected chi connectivity index (χ0v) is 19.9. The number of amides is 3. The van der Waals surface area contributed by atoms with Crippen molar-refractivity contribution in [1.82, 2.24) is 9.21 Å². The Morgan fingerprint density at radius 3 is 2.06 bits per heavy atom. The summed E-state index contributed by atoms with van der Waals surface area (Å²) in [5, 5.41) is 2.72. The number of benzene rings is 1. The summed E-state index contributed by atoms with van der Waals surface area (Å²) >= 11 is 0. The van der Waals surface area contributed by atoms with E-state index < -0.39 is 10.0 Å². The van der Waals surface area contributed by atoms with Crippen molar-refractivity contribution in [1.29, 1.82) is 0 Å². The van der Waals surface area contributed by atoms with E-state index in [0.29, 0.717) is 43.5 Å². The van der Waals surface area contributed by atoms with Crippen LogP contribution in [0.1, 0.15) is 39.5 Å². The molecule has 3 amide bonds. The normalized spacial score (nSPS) is 28.1. The molecule has 1 aromatic rings. The minimum Gasteiger partial charge on any atom is -0.326 e. The van der Waals surface area contributed by atoms with Gasteiger partial charge in [0.25, 0.3) is 0 Å². The first-order valence-electron chi connectivity index (χ1n) is 11.6. The topological polar surface area (TPSA) is 104 Å². The van der Waals surface area contributed by atoms with Crippen LogP contribution >= 0.6 is 0 Å². The smallest absolute Gasteiger partial charge is 0.243 e. The van der Waals surface area contributed by atoms with Gasteiger partial charge in [0.2, 0.25) is 27.7 Å². The summed E-state index contributed by atoms with van der Waals surface area (Å²) in [5.74, 6) is -0.695. The van der Waals surface area contributed by atoms with Gasteiger partial charge in [-0.3, -0.25) is 19.3 Å². The Balaban J connectivity index is 1.33. The third kappa shape index (κ3) is 4.89. The van der Waals surface area contributed by atoms with Crippen LogP contribution in [0.4, 0.5) is 5.69 Å². The van der Waals surface area contributed by atoms with Crippen LogP contribution in [-0.4, -0.2) is 55.0 Å². The highest BCUT2D eigenvalue weighted by Gasteiger charge is 2.46. The number of likely N-dealkylation sites (tertiary alicyclic amines) is 1. The number of sulfonamides is 1. The second-order valence-electron chi connectivity index (χ2n) is 9.57. The van der Waals surface area contributed by atoms with Gasteiger partial charge in [0.05, 0.1) is 16.7 Å². The van der Waals surface area contributed by atoms with E-state index in [9.17, 15) is 22.8 Å². The number of nitrogens with zero attached hydrogens (tertiary/aromatic N) is 2. The lowest BCUT2D eigenvalue weighted by molar-refractivity contribution is -0.140. The zero-order chi connectivity index (χ0) is 23.8. The van der Waals surface area contributed by atoms with Gasteiger partial charge in [-0.15, -0.1) is 0 Å². The van der Waals surface area contributed by atoms with Crippen LogP contribution in [0.5, 0.6) is 0 Å². The van der Waals surface area contributed by atoms with E-state index in [1.54, 1.807) is 12.1 Å². The number of fused-ring (bicyclic) bond motifs is 1. The number of rotatable bonds is 6. The zero-order valence-electron chi connectivity index (χ0n) is 19.1. The minimum atomic E-state index is -3.58. The number of anilines is 1. The first-order chi connectivity index (χ1) is 15.7. The third-order valence-electron chi connectivity index (χ3n) is 6.77. The van der Waals surface area contributed by atoms with Crippen LogP contribution < -0.4 is 5.32 Å². The Kier molecular flexibility index (Phi) is 6.72. The fourth-order valence-electron chi connectivity index (χ4n) is 5.19. The van der Waals surface area contributed by atoms with E-state index in [0.717, 1.165) is 6.42 Å². The largest absolute Gasteiger partial charge is 0.326 e. The van der Waals surface area contributed by atoms with Crippen molar-refractivity contribution in [3.8, 4) is 0 Å². The van der Waals surface area contributed by atoms with Crippen LogP contribution in [-0.2, 0) is 24.4 Å². The minimum absolute atomic E-state index is 0.00600. The number of nitrogens with one attached hydrogen (secondary N) is 1. The highest BCUT2D eigenvalue weighted by molar-refractivity contribution is 7.89. The monoisotopic (exact) mass is 473 g/mol. The fraction of sp³-hybridized carbons (Fsp3) is 0.542. The SMILES string of the molecule is C[C@@H]1C[C@@H](C)CN(S(=O)(=O)c2ccc(NC(=O)CCN3C(=O)[C@H]4CC=CC[C@H]4C3=O)cc2)C1. The lowest BCUT2D eigenvalue weighted by Gasteiger charge is -2.34. The lowest BCUT2D eigenvalue weighted by atomic mass is 9.85. The van der Waals surface area contributed by atoms with Crippen molar-refractivity contribution in [3.05, 3.63) is 36.4 Å². The molecule has 4 atom stereocenters. The molecule has 4 rings (SSSR count). The molecule has 9 heteroatoms. The summed E-state index contributed by atoms with van der Waals surface area (Å²) < 4.78 is 27.5. The summed E-state index contributed by atoms with van der Waals surface area (Å²) in [6.45, 7) is 5.19. The third-order valence-corrected chi connectivity index (χ3v) is 8.62. The molecule has 1 aromatic carbocycles. The van der Waals surface area contributed by atoms with Crippen molar-refractivity contribution in [3.63, 3.8) is 0 Å². The van der Waals surface area contributed by atoms with Crippen LogP contribution in [0.25, 0.3) is 0 Å². The maximum Gasteiger partial charge on any atom is 0.243 e. The predicted molar refractivity (Wildman–Crippen MR) is 123 cm³/mol. The van der Waals surface area contributed by atoms with Crippen molar-refractivity contribution in [2.45, 2.75) is 44.4 Å². The number of carbonyl (C=O) groups is 3. The van der Waals surface area contributed by atoms with Gasteiger partial charge < -0.3 is 5.32 Å². The van der Waals surface area contributed by atoms with Crippen molar-refractivity contribution in [2.24, 2.45) is 23.7 Å². The quantitative estimate of drug-likeness (QED) is 0.505. The summed E-state index contributed by atoms with van der Waals surface area (Å²) in [6.07, 6.45) is 6.01. The second-order valence-corrected chi connectivity index (χ2v) is 11.5. The van der Waals surface area contributed by atoms with E-state index in [2.05, 4.69) is 19.2 Å². The number of imide groups is 1. The van der Waals surface area contributed by atoms with Gasteiger partial charge in [0.15, 0.2) is 0 Å². The molecule has 3 aliphatic rings. The van der Waals surface area contributed by atoms with Gasteiger partial charge in [-0.25, -0.2) is 8.42 Å². The fourth-order valence-corrected chi connectivity index (χ4v) is 6.87. The van der Waals surface area contributed by atoms with E-state index in [-0.39, 0.29) is 47.4 Å². The van der Waals surface area contributed by atoms with Gasteiger partial charge in [-0.1, -0.05) is 26.0 Å². The van der Waals surface area contributed by atoms with Gasteiger partial charge in [0.1, 0.15) is 0 Å². The Morgan fingerprint density at radius 1 is 0.970 bits per heavy atom. The first kappa shape index (κ1) is 23.6.